The minimum atomic E-state index is -0.496. The summed E-state index contributed by atoms with van der Waals surface area (Å²) >= 11 is 5.55. The van der Waals surface area contributed by atoms with E-state index < -0.39 is 6.10 Å². The van der Waals surface area contributed by atoms with Crippen molar-refractivity contribution in [2.75, 3.05) is 11.2 Å². The van der Waals surface area contributed by atoms with Gasteiger partial charge in [-0.2, -0.15) is 0 Å². The molecule has 0 spiro atoms. The van der Waals surface area contributed by atoms with E-state index in [2.05, 4.69) is 10.3 Å². The lowest BCUT2D eigenvalue weighted by Crippen LogP contribution is -2.37. The van der Waals surface area contributed by atoms with Gasteiger partial charge >= 0.3 is 0 Å². The SMILES string of the molecule is O=C1Nc2ncccc2O[C@H]1CCCl. The summed E-state index contributed by atoms with van der Waals surface area (Å²) in [6.45, 7) is 0. The molecule has 1 atom stereocenters. The van der Waals surface area contributed by atoms with Crippen LogP contribution in [0.25, 0.3) is 0 Å². The zero-order valence-electron chi connectivity index (χ0n) is 7.37. The van der Waals surface area contributed by atoms with E-state index in [0.717, 1.165) is 0 Å². The van der Waals surface area contributed by atoms with E-state index in [1.54, 1.807) is 18.3 Å². The van der Waals surface area contributed by atoms with Crippen LogP contribution in [0.4, 0.5) is 5.82 Å². The molecule has 1 amide bonds. The topological polar surface area (TPSA) is 51.2 Å². The monoisotopic (exact) mass is 212 g/mol. The summed E-state index contributed by atoms with van der Waals surface area (Å²) in [6, 6.07) is 3.52. The summed E-state index contributed by atoms with van der Waals surface area (Å²) in [5.41, 5.74) is 0. The van der Waals surface area contributed by atoms with Crippen LogP contribution in [0.15, 0.2) is 18.3 Å². The molecule has 2 rings (SSSR count). The maximum Gasteiger partial charge on any atom is 0.266 e. The highest BCUT2D eigenvalue weighted by atomic mass is 35.5. The fourth-order valence-corrected chi connectivity index (χ4v) is 1.47. The summed E-state index contributed by atoms with van der Waals surface area (Å²) < 4.78 is 5.43. The molecule has 1 aromatic rings. The molecule has 0 radical (unpaired) electrons. The smallest absolute Gasteiger partial charge is 0.266 e. The van der Waals surface area contributed by atoms with Crippen molar-refractivity contribution in [3.8, 4) is 5.75 Å². The van der Waals surface area contributed by atoms with Crippen molar-refractivity contribution in [2.24, 2.45) is 0 Å². The lowest BCUT2D eigenvalue weighted by Gasteiger charge is -2.24. The number of amides is 1. The molecule has 0 saturated carbocycles. The lowest BCUT2D eigenvalue weighted by molar-refractivity contribution is -0.123. The number of hydrogen-bond donors (Lipinski definition) is 1. The number of nitrogens with one attached hydrogen (secondary N) is 1. The normalized spacial score (nSPS) is 19.5. The third-order valence-electron chi connectivity index (χ3n) is 1.95. The third kappa shape index (κ3) is 1.65. The van der Waals surface area contributed by atoms with Crippen molar-refractivity contribution in [2.45, 2.75) is 12.5 Å². The first-order valence-corrected chi connectivity index (χ1v) is 4.83. The fraction of sp³-hybridized carbons (Fsp3) is 0.333. The molecule has 0 aromatic carbocycles. The number of alkyl halides is 1. The molecule has 4 nitrogen and oxygen atoms in total. The van der Waals surface area contributed by atoms with Gasteiger partial charge in [-0.3, -0.25) is 4.79 Å². The average molecular weight is 213 g/mol. The molecule has 0 bridgehead atoms. The molecule has 0 fully saturated rings. The fourth-order valence-electron chi connectivity index (χ4n) is 1.27. The average Bonchev–Trinajstić information content (AvgIpc) is 2.19. The zero-order valence-corrected chi connectivity index (χ0v) is 8.12. The minimum absolute atomic E-state index is 0.183. The molecule has 1 aliphatic heterocycles. The number of carbonyl (C=O) groups is 1. The number of ether oxygens (including phenoxy) is 1. The van der Waals surface area contributed by atoms with Gasteiger partial charge in [-0.1, -0.05) is 0 Å². The van der Waals surface area contributed by atoms with Gasteiger partial charge in [-0.15, -0.1) is 11.6 Å². The molecule has 2 heterocycles. The number of hydrogen-bond acceptors (Lipinski definition) is 3. The molecule has 1 N–H and O–H groups in total. The zero-order chi connectivity index (χ0) is 9.97. The number of nitrogens with zero attached hydrogens (tertiary/aromatic N) is 1. The Morgan fingerprint density at radius 2 is 2.50 bits per heavy atom. The predicted molar refractivity (Wildman–Crippen MR) is 52.6 cm³/mol. The van der Waals surface area contributed by atoms with Crippen LogP contribution in [0.3, 0.4) is 0 Å². The van der Waals surface area contributed by atoms with E-state index in [1.807, 2.05) is 0 Å². The lowest BCUT2D eigenvalue weighted by atomic mass is 10.2. The number of pyridine rings is 1. The first kappa shape index (κ1) is 9.27. The number of anilines is 1. The third-order valence-corrected chi connectivity index (χ3v) is 2.16. The van der Waals surface area contributed by atoms with Crippen LogP contribution in [-0.4, -0.2) is 22.9 Å². The van der Waals surface area contributed by atoms with Crippen molar-refractivity contribution >= 4 is 23.3 Å². The van der Waals surface area contributed by atoms with E-state index in [0.29, 0.717) is 23.9 Å². The Morgan fingerprint density at radius 3 is 3.29 bits per heavy atom. The predicted octanol–water partition coefficient (Wildman–Crippen LogP) is 1.41. The van der Waals surface area contributed by atoms with Crippen LogP contribution < -0.4 is 10.1 Å². The summed E-state index contributed by atoms with van der Waals surface area (Å²) in [7, 11) is 0. The van der Waals surface area contributed by atoms with Crippen molar-refractivity contribution in [1.29, 1.82) is 0 Å². The van der Waals surface area contributed by atoms with Crippen LogP contribution in [0.2, 0.25) is 0 Å². The van der Waals surface area contributed by atoms with Crippen molar-refractivity contribution in [3.05, 3.63) is 18.3 Å². The first-order valence-electron chi connectivity index (χ1n) is 4.30. The van der Waals surface area contributed by atoms with Gasteiger partial charge in [0.1, 0.15) is 0 Å². The number of carbonyl (C=O) groups excluding carboxylic acids is 1. The standard InChI is InChI=1S/C9H9ClN2O2/c10-4-3-7-9(13)12-8-6(14-7)2-1-5-11-8/h1-2,5,7H,3-4H2,(H,11,12,13)/t7-/m0/s1. The van der Waals surface area contributed by atoms with Crippen molar-refractivity contribution < 1.29 is 9.53 Å². The van der Waals surface area contributed by atoms with E-state index >= 15 is 0 Å². The second-order valence-electron chi connectivity index (χ2n) is 2.92. The highest BCUT2D eigenvalue weighted by Crippen LogP contribution is 2.27. The van der Waals surface area contributed by atoms with Gasteiger partial charge in [-0.25, -0.2) is 4.98 Å². The molecule has 0 saturated heterocycles. The Balaban J connectivity index is 2.22. The van der Waals surface area contributed by atoms with E-state index in [1.165, 1.54) is 0 Å². The van der Waals surface area contributed by atoms with Gasteiger partial charge in [0.05, 0.1) is 0 Å². The molecular formula is C9H9ClN2O2. The molecule has 1 aromatic heterocycles. The van der Waals surface area contributed by atoms with Gasteiger partial charge in [0, 0.05) is 18.5 Å². The molecule has 0 unspecified atom stereocenters. The highest BCUT2D eigenvalue weighted by Gasteiger charge is 2.27. The van der Waals surface area contributed by atoms with Gasteiger partial charge in [-0.05, 0) is 12.1 Å². The van der Waals surface area contributed by atoms with Gasteiger partial charge in [0.15, 0.2) is 17.7 Å². The van der Waals surface area contributed by atoms with Crippen LogP contribution in [-0.2, 0) is 4.79 Å². The Kier molecular flexibility index (Phi) is 2.54. The van der Waals surface area contributed by atoms with Crippen LogP contribution in [0, 0.1) is 0 Å². The van der Waals surface area contributed by atoms with Gasteiger partial charge in [0.2, 0.25) is 0 Å². The molecule has 5 heteroatoms. The second kappa shape index (κ2) is 3.84. The second-order valence-corrected chi connectivity index (χ2v) is 3.30. The summed E-state index contributed by atoms with van der Waals surface area (Å²) in [5, 5.41) is 2.66. The van der Waals surface area contributed by atoms with Crippen LogP contribution >= 0.6 is 11.6 Å². The van der Waals surface area contributed by atoms with Crippen LogP contribution in [0.1, 0.15) is 6.42 Å². The van der Waals surface area contributed by atoms with E-state index in [4.69, 9.17) is 16.3 Å². The van der Waals surface area contributed by atoms with Gasteiger partial charge < -0.3 is 10.1 Å². The maximum absolute atomic E-state index is 11.4. The van der Waals surface area contributed by atoms with Gasteiger partial charge in [0.25, 0.3) is 5.91 Å². The first-order chi connectivity index (χ1) is 6.81. The molecule has 74 valence electrons. The molecular weight excluding hydrogens is 204 g/mol. The van der Waals surface area contributed by atoms with E-state index in [-0.39, 0.29) is 5.91 Å². The number of rotatable bonds is 2. The Hall–Kier alpha value is -1.29. The van der Waals surface area contributed by atoms with Crippen molar-refractivity contribution in [1.82, 2.24) is 4.98 Å². The minimum Gasteiger partial charge on any atom is -0.477 e. The summed E-state index contributed by atoms with van der Waals surface area (Å²) in [6.07, 6.45) is 1.61. The Labute approximate surface area is 86.2 Å². The number of halogens is 1. The maximum atomic E-state index is 11.4. The number of aromatic nitrogens is 1. The largest absolute Gasteiger partial charge is 0.477 e. The summed E-state index contributed by atoms with van der Waals surface area (Å²) in [4.78, 5) is 15.4. The summed E-state index contributed by atoms with van der Waals surface area (Å²) in [5.74, 6) is 1.29. The van der Waals surface area contributed by atoms with Crippen LogP contribution in [0.5, 0.6) is 5.75 Å². The molecule has 14 heavy (non-hydrogen) atoms. The highest BCUT2D eigenvalue weighted by molar-refractivity contribution is 6.18. The number of fused-ring (bicyclic) bond motifs is 1. The van der Waals surface area contributed by atoms with Crippen molar-refractivity contribution in [3.63, 3.8) is 0 Å². The quantitative estimate of drug-likeness (QED) is 0.755. The Morgan fingerprint density at radius 1 is 1.64 bits per heavy atom. The molecule has 1 aliphatic rings. The Bertz CT molecular complexity index is 356. The van der Waals surface area contributed by atoms with E-state index in [9.17, 15) is 4.79 Å². The molecule has 0 aliphatic carbocycles.